The van der Waals surface area contributed by atoms with Crippen molar-refractivity contribution >= 4 is 0 Å². The third-order valence-electron chi connectivity index (χ3n) is 3.21. The molecule has 1 N–H and O–H groups in total. The van der Waals surface area contributed by atoms with E-state index in [1.54, 1.807) is 13.2 Å². The lowest BCUT2D eigenvalue weighted by atomic mass is 10.2. The standard InChI is InChI=1S/C13H19F3N2O/c1-2-18(9-13(14,15)16)8-12-10(5-6-19-12)7-17-11-3-4-11/h5-6,11,17H,2-4,7-9H2,1H3. The third kappa shape index (κ3) is 4.87. The smallest absolute Gasteiger partial charge is 0.401 e. The van der Waals surface area contributed by atoms with E-state index in [0.717, 1.165) is 5.56 Å². The van der Waals surface area contributed by atoms with Crippen LogP contribution in [0.1, 0.15) is 31.1 Å². The quantitative estimate of drug-likeness (QED) is 0.830. The molecule has 1 aromatic heterocycles. The zero-order valence-corrected chi connectivity index (χ0v) is 11.0. The molecule has 1 aliphatic rings. The Morgan fingerprint density at radius 2 is 2.16 bits per heavy atom. The Labute approximate surface area is 110 Å². The van der Waals surface area contributed by atoms with Gasteiger partial charge in [0.15, 0.2) is 0 Å². The van der Waals surface area contributed by atoms with Gasteiger partial charge >= 0.3 is 6.18 Å². The van der Waals surface area contributed by atoms with Crippen molar-refractivity contribution in [2.75, 3.05) is 13.1 Å². The highest BCUT2D eigenvalue weighted by Gasteiger charge is 2.30. The first-order valence-electron chi connectivity index (χ1n) is 6.55. The van der Waals surface area contributed by atoms with E-state index >= 15 is 0 Å². The summed E-state index contributed by atoms with van der Waals surface area (Å²) in [5.74, 6) is 0.624. The molecule has 1 heterocycles. The van der Waals surface area contributed by atoms with Gasteiger partial charge < -0.3 is 9.73 Å². The number of furan rings is 1. The Balaban J connectivity index is 1.90. The normalized spacial score (nSPS) is 16.3. The van der Waals surface area contributed by atoms with Crippen molar-refractivity contribution in [1.29, 1.82) is 0 Å². The van der Waals surface area contributed by atoms with Crippen molar-refractivity contribution in [1.82, 2.24) is 10.2 Å². The SMILES string of the molecule is CCN(Cc1occc1CNC1CC1)CC(F)(F)F. The van der Waals surface area contributed by atoms with Crippen LogP contribution in [0, 0.1) is 0 Å². The molecular weight excluding hydrogens is 257 g/mol. The number of hydrogen-bond donors (Lipinski definition) is 1. The van der Waals surface area contributed by atoms with Crippen LogP contribution in [0.2, 0.25) is 0 Å². The van der Waals surface area contributed by atoms with Crippen LogP contribution in [0.3, 0.4) is 0 Å². The number of rotatable bonds is 7. The topological polar surface area (TPSA) is 28.4 Å². The molecule has 1 saturated carbocycles. The van der Waals surface area contributed by atoms with Gasteiger partial charge in [-0.05, 0) is 25.5 Å². The van der Waals surface area contributed by atoms with Crippen LogP contribution < -0.4 is 5.32 Å². The first-order chi connectivity index (χ1) is 8.98. The van der Waals surface area contributed by atoms with Crippen molar-refractivity contribution in [3.63, 3.8) is 0 Å². The molecular formula is C13H19F3N2O. The molecule has 6 heteroatoms. The lowest BCUT2D eigenvalue weighted by molar-refractivity contribution is -0.147. The predicted molar refractivity (Wildman–Crippen MR) is 65.6 cm³/mol. The summed E-state index contributed by atoms with van der Waals surface area (Å²) in [7, 11) is 0. The van der Waals surface area contributed by atoms with Crippen molar-refractivity contribution in [3.05, 3.63) is 23.7 Å². The summed E-state index contributed by atoms with van der Waals surface area (Å²) in [5, 5.41) is 3.34. The molecule has 0 amide bonds. The summed E-state index contributed by atoms with van der Waals surface area (Å²) >= 11 is 0. The first-order valence-corrected chi connectivity index (χ1v) is 6.55. The van der Waals surface area contributed by atoms with E-state index in [-0.39, 0.29) is 6.54 Å². The zero-order valence-electron chi connectivity index (χ0n) is 11.0. The predicted octanol–water partition coefficient (Wildman–Crippen LogP) is 2.92. The number of alkyl halides is 3. The third-order valence-corrected chi connectivity index (χ3v) is 3.21. The van der Waals surface area contributed by atoms with Crippen molar-refractivity contribution in [2.24, 2.45) is 0 Å². The molecule has 0 aliphatic heterocycles. The van der Waals surface area contributed by atoms with Gasteiger partial charge in [0.05, 0.1) is 19.4 Å². The fourth-order valence-corrected chi connectivity index (χ4v) is 1.94. The van der Waals surface area contributed by atoms with E-state index in [1.807, 2.05) is 6.07 Å². The van der Waals surface area contributed by atoms with Crippen LogP contribution in [-0.4, -0.2) is 30.2 Å². The zero-order chi connectivity index (χ0) is 13.9. The van der Waals surface area contributed by atoms with E-state index in [4.69, 9.17) is 4.42 Å². The van der Waals surface area contributed by atoms with Gasteiger partial charge in [0.25, 0.3) is 0 Å². The maximum absolute atomic E-state index is 12.4. The van der Waals surface area contributed by atoms with Gasteiger partial charge in [-0.15, -0.1) is 0 Å². The van der Waals surface area contributed by atoms with Crippen LogP contribution in [-0.2, 0) is 13.1 Å². The molecule has 0 atom stereocenters. The lowest BCUT2D eigenvalue weighted by Crippen LogP contribution is -2.33. The summed E-state index contributed by atoms with van der Waals surface area (Å²) in [4.78, 5) is 1.33. The Kier molecular flexibility index (Phi) is 4.52. The number of hydrogen-bond acceptors (Lipinski definition) is 3. The van der Waals surface area contributed by atoms with E-state index < -0.39 is 12.7 Å². The fraction of sp³-hybridized carbons (Fsp3) is 0.692. The number of nitrogens with zero attached hydrogens (tertiary/aromatic N) is 1. The summed E-state index contributed by atoms with van der Waals surface area (Å²) in [6.45, 7) is 2.02. The second-order valence-electron chi connectivity index (χ2n) is 4.94. The molecule has 108 valence electrons. The lowest BCUT2D eigenvalue weighted by Gasteiger charge is -2.21. The molecule has 19 heavy (non-hydrogen) atoms. The first kappa shape index (κ1) is 14.4. The second kappa shape index (κ2) is 5.96. The molecule has 3 nitrogen and oxygen atoms in total. The average Bonchev–Trinajstić information content (AvgIpc) is 3.05. The van der Waals surface area contributed by atoms with Crippen molar-refractivity contribution < 1.29 is 17.6 Å². The maximum Gasteiger partial charge on any atom is 0.401 e. The van der Waals surface area contributed by atoms with Gasteiger partial charge in [0, 0.05) is 18.2 Å². The van der Waals surface area contributed by atoms with E-state index in [2.05, 4.69) is 5.32 Å². The highest BCUT2D eigenvalue weighted by atomic mass is 19.4. The molecule has 2 rings (SSSR count). The van der Waals surface area contributed by atoms with E-state index in [1.165, 1.54) is 17.7 Å². The van der Waals surface area contributed by atoms with Gasteiger partial charge in [0.2, 0.25) is 0 Å². The molecule has 0 radical (unpaired) electrons. The number of halogens is 3. The Hall–Kier alpha value is -1.01. The molecule has 1 fully saturated rings. The van der Waals surface area contributed by atoms with Crippen LogP contribution in [0.15, 0.2) is 16.7 Å². The Bertz CT molecular complexity index is 399. The molecule has 0 bridgehead atoms. The van der Waals surface area contributed by atoms with Crippen LogP contribution in [0.5, 0.6) is 0 Å². The fourth-order valence-electron chi connectivity index (χ4n) is 1.94. The van der Waals surface area contributed by atoms with Gasteiger partial charge in [-0.2, -0.15) is 13.2 Å². The largest absolute Gasteiger partial charge is 0.468 e. The van der Waals surface area contributed by atoms with Crippen LogP contribution >= 0.6 is 0 Å². The Morgan fingerprint density at radius 3 is 2.74 bits per heavy atom. The van der Waals surface area contributed by atoms with Gasteiger partial charge in [-0.1, -0.05) is 6.92 Å². The van der Waals surface area contributed by atoms with Crippen LogP contribution in [0.25, 0.3) is 0 Å². The molecule has 0 aromatic carbocycles. The molecule has 0 saturated heterocycles. The minimum atomic E-state index is -4.17. The van der Waals surface area contributed by atoms with E-state index in [9.17, 15) is 13.2 Å². The minimum Gasteiger partial charge on any atom is -0.468 e. The molecule has 0 unspecified atom stereocenters. The maximum atomic E-state index is 12.4. The van der Waals surface area contributed by atoms with Crippen LogP contribution in [0.4, 0.5) is 13.2 Å². The molecule has 1 aliphatic carbocycles. The Morgan fingerprint density at radius 1 is 1.42 bits per heavy atom. The minimum absolute atomic E-state index is 0.199. The number of nitrogens with one attached hydrogen (secondary N) is 1. The van der Waals surface area contributed by atoms with Crippen molar-refractivity contribution in [3.8, 4) is 0 Å². The highest BCUT2D eigenvalue weighted by Crippen LogP contribution is 2.22. The second-order valence-corrected chi connectivity index (χ2v) is 4.94. The summed E-state index contributed by atoms with van der Waals surface area (Å²) in [6.07, 6.45) is -0.264. The highest BCUT2D eigenvalue weighted by molar-refractivity contribution is 5.17. The van der Waals surface area contributed by atoms with Gasteiger partial charge in [-0.3, -0.25) is 4.90 Å². The summed E-state index contributed by atoms with van der Waals surface area (Å²) < 4.78 is 42.5. The van der Waals surface area contributed by atoms with Crippen molar-refractivity contribution in [2.45, 2.75) is 45.1 Å². The van der Waals surface area contributed by atoms with Gasteiger partial charge in [0.1, 0.15) is 5.76 Å². The molecule has 0 spiro atoms. The summed E-state index contributed by atoms with van der Waals surface area (Å²) in [5.41, 5.74) is 0.951. The van der Waals surface area contributed by atoms with E-state index in [0.29, 0.717) is 24.9 Å². The average molecular weight is 276 g/mol. The monoisotopic (exact) mass is 276 g/mol. The van der Waals surface area contributed by atoms with Gasteiger partial charge in [-0.25, -0.2) is 0 Å². The molecule has 1 aromatic rings. The summed E-state index contributed by atoms with van der Waals surface area (Å²) in [6, 6.07) is 2.40.